The molecule has 0 radical (unpaired) electrons. The summed E-state index contributed by atoms with van der Waals surface area (Å²) < 4.78 is 0. The minimum atomic E-state index is -0.424. The van der Waals surface area contributed by atoms with Crippen LogP contribution in [0.1, 0.15) is 25.8 Å². The molecule has 0 bridgehead atoms. The summed E-state index contributed by atoms with van der Waals surface area (Å²) in [5, 5.41) is 0. The molecule has 0 N–H and O–H groups in total. The molecule has 0 aromatic heterocycles. The zero-order valence-corrected chi connectivity index (χ0v) is 10.7. The molecule has 1 atom stereocenters. The van der Waals surface area contributed by atoms with E-state index in [0.29, 0.717) is 6.42 Å². The molecule has 0 saturated heterocycles. The minimum absolute atomic E-state index is 0.189. The zero-order chi connectivity index (χ0) is 12.6. The number of amides is 1. The van der Waals surface area contributed by atoms with Gasteiger partial charge in [-0.2, -0.15) is 0 Å². The first kappa shape index (κ1) is 11.9. The summed E-state index contributed by atoms with van der Waals surface area (Å²) >= 11 is 0. The van der Waals surface area contributed by atoms with Gasteiger partial charge in [-0.15, -0.1) is 6.58 Å². The van der Waals surface area contributed by atoms with Crippen molar-refractivity contribution in [2.75, 3.05) is 11.9 Å². The number of nitrogens with zero attached hydrogens (tertiary/aromatic N) is 1. The fourth-order valence-corrected chi connectivity index (χ4v) is 2.89. The third-order valence-corrected chi connectivity index (χ3v) is 3.88. The highest BCUT2D eigenvalue weighted by atomic mass is 16.2. The van der Waals surface area contributed by atoms with Gasteiger partial charge in [-0.3, -0.25) is 4.79 Å². The van der Waals surface area contributed by atoms with Gasteiger partial charge in [0.1, 0.15) is 0 Å². The highest BCUT2D eigenvalue weighted by molar-refractivity contribution is 6.08. The molecule has 0 saturated carbocycles. The van der Waals surface area contributed by atoms with Crippen LogP contribution in [-0.2, 0) is 10.2 Å². The molecule has 0 unspecified atom stereocenters. The number of rotatable bonds is 3. The zero-order valence-electron chi connectivity index (χ0n) is 10.7. The van der Waals surface area contributed by atoms with Gasteiger partial charge in [0.2, 0.25) is 5.91 Å². The molecule has 1 heterocycles. The molecule has 17 heavy (non-hydrogen) atoms. The van der Waals surface area contributed by atoms with Crippen molar-refractivity contribution in [1.29, 1.82) is 0 Å². The van der Waals surface area contributed by atoms with E-state index in [2.05, 4.69) is 26.5 Å². The van der Waals surface area contributed by atoms with Crippen LogP contribution in [0.5, 0.6) is 0 Å². The van der Waals surface area contributed by atoms with Gasteiger partial charge >= 0.3 is 0 Å². The average molecular weight is 229 g/mol. The van der Waals surface area contributed by atoms with Crippen molar-refractivity contribution in [3.8, 4) is 0 Å². The van der Waals surface area contributed by atoms with Crippen LogP contribution in [0.25, 0.3) is 0 Å². The standard InChI is InChI=1S/C15H19NO/c1-5-10-15(11(2)3)12-8-6-7-9-13(12)16(4)14(15)17/h5-9,11H,1,10H2,2-4H3/t15-/m0/s1. The summed E-state index contributed by atoms with van der Waals surface area (Å²) in [4.78, 5) is 14.4. The number of carbonyl (C=O) groups is 1. The van der Waals surface area contributed by atoms with Crippen molar-refractivity contribution in [2.45, 2.75) is 25.7 Å². The van der Waals surface area contributed by atoms with Gasteiger partial charge in [0, 0.05) is 12.7 Å². The summed E-state index contributed by atoms with van der Waals surface area (Å²) in [6, 6.07) is 8.07. The van der Waals surface area contributed by atoms with Gasteiger partial charge in [-0.1, -0.05) is 38.1 Å². The van der Waals surface area contributed by atoms with E-state index in [4.69, 9.17) is 0 Å². The summed E-state index contributed by atoms with van der Waals surface area (Å²) in [6.45, 7) is 8.03. The van der Waals surface area contributed by atoms with E-state index in [-0.39, 0.29) is 11.8 Å². The molecule has 1 aromatic rings. The number of hydrogen-bond acceptors (Lipinski definition) is 1. The lowest BCUT2D eigenvalue weighted by Gasteiger charge is -2.31. The molecule has 1 amide bonds. The Kier molecular flexibility index (Phi) is 2.82. The van der Waals surface area contributed by atoms with Crippen LogP contribution in [0.4, 0.5) is 5.69 Å². The maximum atomic E-state index is 12.6. The van der Waals surface area contributed by atoms with Crippen LogP contribution in [0.3, 0.4) is 0 Å². The first-order valence-electron chi connectivity index (χ1n) is 6.04. The molecule has 1 aromatic carbocycles. The highest BCUT2D eigenvalue weighted by Gasteiger charge is 2.50. The lowest BCUT2D eigenvalue weighted by atomic mass is 9.70. The van der Waals surface area contributed by atoms with Crippen molar-refractivity contribution in [3.63, 3.8) is 0 Å². The van der Waals surface area contributed by atoms with E-state index >= 15 is 0 Å². The summed E-state index contributed by atoms with van der Waals surface area (Å²) in [7, 11) is 1.86. The maximum Gasteiger partial charge on any atom is 0.238 e. The SMILES string of the molecule is C=CC[C@@]1(C(C)C)C(=O)N(C)c2ccccc21. The van der Waals surface area contributed by atoms with Crippen molar-refractivity contribution in [1.82, 2.24) is 0 Å². The molecule has 1 aliphatic rings. The van der Waals surface area contributed by atoms with Crippen LogP contribution < -0.4 is 4.90 Å². The first-order chi connectivity index (χ1) is 8.05. The Bertz CT molecular complexity index is 464. The first-order valence-corrected chi connectivity index (χ1v) is 6.04. The van der Waals surface area contributed by atoms with Crippen LogP contribution in [0.15, 0.2) is 36.9 Å². The molecule has 90 valence electrons. The molecule has 0 fully saturated rings. The number of hydrogen-bond donors (Lipinski definition) is 0. The molecule has 2 rings (SSSR count). The average Bonchev–Trinajstić information content (AvgIpc) is 2.53. The Morgan fingerprint density at radius 2 is 2.06 bits per heavy atom. The Balaban J connectivity index is 2.68. The van der Waals surface area contributed by atoms with Gasteiger partial charge in [-0.05, 0) is 24.0 Å². The number of carbonyl (C=O) groups excluding carboxylic acids is 1. The van der Waals surface area contributed by atoms with E-state index in [1.165, 1.54) is 0 Å². The monoisotopic (exact) mass is 229 g/mol. The second-order valence-corrected chi connectivity index (χ2v) is 5.00. The van der Waals surface area contributed by atoms with E-state index in [0.717, 1.165) is 11.3 Å². The predicted molar refractivity (Wildman–Crippen MR) is 71.2 cm³/mol. The largest absolute Gasteiger partial charge is 0.314 e. The summed E-state index contributed by atoms with van der Waals surface area (Å²) in [6.07, 6.45) is 2.55. The normalized spacial score (nSPS) is 23.1. The smallest absolute Gasteiger partial charge is 0.238 e. The van der Waals surface area contributed by atoms with Gasteiger partial charge in [-0.25, -0.2) is 0 Å². The van der Waals surface area contributed by atoms with Crippen LogP contribution in [-0.4, -0.2) is 13.0 Å². The van der Waals surface area contributed by atoms with E-state index in [9.17, 15) is 4.79 Å². The van der Waals surface area contributed by atoms with Crippen LogP contribution >= 0.6 is 0 Å². The minimum Gasteiger partial charge on any atom is -0.314 e. The maximum absolute atomic E-state index is 12.6. The van der Waals surface area contributed by atoms with Gasteiger partial charge < -0.3 is 4.90 Å². The Labute approximate surface area is 103 Å². The van der Waals surface area contributed by atoms with E-state index in [1.807, 2.05) is 31.3 Å². The summed E-state index contributed by atoms with van der Waals surface area (Å²) in [5.74, 6) is 0.452. The quantitative estimate of drug-likeness (QED) is 0.729. The molecular weight excluding hydrogens is 210 g/mol. The van der Waals surface area contributed by atoms with Gasteiger partial charge in [0.05, 0.1) is 5.41 Å². The lowest BCUT2D eigenvalue weighted by molar-refractivity contribution is -0.124. The number of para-hydroxylation sites is 1. The highest BCUT2D eigenvalue weighted by Crippen LogP contribution is 2.47. The fourth-order valence-electron chi connectivity index (χ4n) is 2.89. The van der Waals surface area contributed by atoms with Crippen molar-refractivity contribution in [2.24, 2.45) is 5.92 Å². The van der Waals surface area contributed by atoms with Crippen molar-refractivity contribution < 1.29 is 4.79 Å². The Hall–Kier alpha value is -1.57. The third kappa shape index (κ3) is 1.43. The molecular formula is C15H19NO. The molecule has 1 aliphatic heterocycles. The van der Waals surface area contributed by atoms with Gasteiger partial charge in [0.15, 0.2) is 0 Å². The second kappa shape index (κ2) is 4.02. The molecule has 0 spiro atoms. The van der Waals surface area contributed by atoms with E-state index < -0.39 is 5.41 Å². The van der Waals surface area contributed by atoms with Crippen molar-refractivity contribution in [3.05, 3.63) is 42.5 Å². The fraction of sp³-hybridized carbons (Fsp3) is 0.400. The van der Waals surface area contributed by atoms with Crippen molar-refractivity contribution >= 4 is 11.6 Å². The summed E-state index contributed by atoms with van der Waals surface area (Å²) in [5.41, 5.74) is 1.75. The number of allylic oxidation sites excluding steroid dienone is 1. The Morgan fingerprint density at radius 3 is 2.65 bits per heavy atom. The molecule has 0 aliphatic carbocycles. The van der Waals surface area contributed by atoms with Crippen LogP contribution in [0, 0.1) is 5.92 Å². The predicted octanol–water partition coefficient (Wildman–Crippen LogP) is 3.13. The lowest BCUT2D eigenvalue weighted by Crippen LogP contribution is -2.42. The molecule has 2 heteroatoms. The number of fused-ring (bicyclic) bond motifs is 1. The van der Waals surface area contributed by atoms with Crippen LogP contribution in [0.2, 0.25) is 0 Å². The second-order valence-electron chi connectivity index (χ2n) is 5.00. The number of benzene rings is 1. The molecule has 2 nitrogen and oxygen atoms in total. The number of likely N-dealkylation sites (N-methyl/N-ethyl adjacent to an activating group) is 1. The van der Waals surface area contributed by atoms with Gasteiger partial charge in [0.25, 0.3) is 0 Å². The van der Waals surface area contributed by atoms with E-state index in [1.54, 1.807) is 4.90 Å². The topological polar surface area (TPSA) is 20.3 Å². The number of anilines is 1. The Morgan fingerprint density at radius 1 is 1.41 bits per heavy atom. The third-order valence-electron chi connectivity index (χ3n) is 3.88.